The van der Waals surface area contributed by atoms with E-state index in [1.54, 1.807) is 60.8 Å². The predicted octanol–water partition coefficient (Wildman–Crippen LogP) is 7.65. The fourth-order valence-corrected chi connectivity index (χ4v) is 5.44. The maximum Gasteiger partial charge on any atom is 0.243 e. The molecule has 1 aromatic heterocycles. The second-order valence-electron chi connectivity index (χ2n) is 8.65. The number of halogens is 2. The van der Waals surface area contributed by atoms with Gasteiger partial charge in [0.05, 0.1) is 23.3 Å². The zero-order valence-corrected chi connectivity index (χ0v) is 22.5. The first-order valence-electron chi connectivity index (χ1n) is 11.3. The number of hydrogen-bond acceptors (Lipinski definition) is 4. The highest BCUT2D eigenvalue weighted by Crippen LogP contribution is 2.27. The van der Waals surface area contributed by atoms with Gasteiger partial charge >= 0.3 is 0 Å². The van der Waals surface area contributed by atoms with Crippen molar-refractivity contribution in [1.82, 2.24) is 4.31 Å². The standard InChI is InChI=1S/C28H26Cl2N2O3S/c1-19-4-12-27(13-5-19)36(33,34)32(17-22-7-8-23(29)15-28(22)30)18-26-11-10-25(35-26)16-31-24-9-6-20(2)21(3)14-24/h4-16H,17-18H2,1-3H3. The third-order valence-electron chi connectivity index (χ3n) is 5.87. The number of sulfonamides is 1. The van der Waals surface area contributed by atoms with Gasteiger partial charge < -0.3 is 4.42 Å². The van der Waals surface area contributed by atoms with Crippen molar-refractivity contribution in [3.63, 3.8) is 0 Å². The van der Waals surface area contributed by atoms with E-state index in [9.17, 15) is 8.42 Å². The van der Waals surface area contributed by atoms with Crippen LogP contribution in [0.5, 0.6) is 0 Å². The number of aliphatic imine (C=N–C) groups is 1. The number of aryl methyl sites for hydroxylation is 3. The summed E-state index contributed by atoms with van der Waals surface area (Å²) in [7, 11) is -3.85. The third kappa shape index (κ3) is 6.26. The van der Waals surface area contributed by atoms with Crippen molar-refractivity contribution in [2.45, 2.75) is 38.8 Å². The fourth-order valence-electron chi connectivity index (χ4n) is 3.59. The van der Waals surface area contributed by atoms with Crippen LogP contribution in [0.2, 0.25) is 10.0 Å². The number of furan rings is 1. The van der Waals surface area contributed by atoms with Crippen molar-refractivity contribution < 1.29 is 12.8 Å². The molecule has 0 radical (unpaired) electrons. The van der Waals surface area contributed by atoms with Crippen molar-refractivity contribution >= 4 is 45.1 Å². The first kappa shape index (κ1) is 26.2. The molecule has 0 saturated heterocycles. The van der Waals surface area contributed by atoms with E-state index in [0.29, 0.717) is 27.1 Å². The average Bonchev–Trinajstić information content (AvgIpc) is 3.28. The van der Waals surface area contributed by atoms with Gasteiger partial charge in [0.25, 0.3) is 0 Å². The highest BCUT2D eigenvalue weighted by atomic mass is 35.5. The zero-order valence-electron chi connectivity index (χ0n) is 20.2. The molecule has 0 saturated carbocycles. The summed E-state index contributed by atoms with van der Waals surface area (Å²) >= 11 is 12.4. The number of rotatable bonds is 8. The summed E-state index contributed by atoms with van der Waals surface area (Å²) in [6.07, 6.45) is 1.63. The molecule has 0 bridgehead atoms. The summed E-state index contributed by atoms with van der Waals surface area (Å²) in [5.74, 6) is 1.01. The van der Waals surface area contributed by atoms with Gasteiger partial charge in [0, 0.05) is 16.6 Å². The Hall–Kier alpha value is -2.90. The van der Waals surface area contributed by atoms with Crippen LogP contribution in [0.1, 0.15) is 33.8 Å². The summed E-state index contributed by atoms with van der Waals surface area (Å²) in [6, 6.07) is 21.2. The Kier molecular flexibility index (Phi) is 8.00. The van der Waals surface area contributed by atoms with Crippen molar-refractivity contribution in [2.75, 3.05) is 0 Å². The molecule has 0 amide bonds. The molecule has 0 aliphatic rings. The summed E-state index contributed by atoms with van der Waals surface area (Å²) in [6.45, 7) is 6.07. The molecule has 0 aliphatic carbocycles. The lowest BCUT2D eigenvalue weighted by Crippen LogP contribution is -2.30. The highest BCUT2D eigenvalue weighted by molar-refractivity contribution is 7.89. The SMILES string of the molecule is Cc1ccc(S(=O)(=O)N(Cc2ccc(C=Nc3ccc(C)c(C)c3)o2)Cc2ccc(Cl)cc2Cl)cc1. The maximum absolute atomic E-state index is 13.6. The molecule has 3 aromatic carbocycles. The minimum Gasteiger partial charge on any atom is -0.459 e. The van der Waals surface area contributed by atoms with Gasteiger partial charge in [-0.1, -0.05) is 53.0 Å². The molecule has 0 aliphatic heterocycles. The Morgan fingerprint density at radius 3 is 2.31 bits per heavy atom. The van der Waals surface area contributed by atoms with E-state index in [2.05, 4.69) is 11.9 Å². The van der Waals surface area contributed by atoms with Gasteiger partial charge in [-0.25, -0.2) is 8.42 Å². The first-order valence-corrected chi connectivity index (χ1v) is 13.5. The minimum absolute atomic E-state index is 0.0205. The minimum atomic E-state index is -3.85. The van der Waals surface area contributed by atoms with Crippen LogP contribution in [0.15, 0.2) is 87.1 Å². The van der Waals surface area contributed by atoms with Crippen LogP contribution in [0.3, 0.4) is 0 Å². The van der Waals surface area contributed by atoms with E-state index in [1.807, 2.05) is 32.0 Å². The summed E-state index contributed by atoms with van der Waals surface area (Å²) in [5.41, 5.74) is 4.78. The topological polar surface area (TPSA) is 62.9 Å². The van der Waals surface area contributed by atoms with Crippen molar-refractivity contribution in [1.29, 1.82) is 0 Å². The molecule has 0 spiro atoms. The highest BCUT2D eigenvalue weighted by Gasteiger charge is 2.26. The Morgan fingerprint density at radius 2 is 1.61 bits per heavy atom. The van der Waals surface area contributed by atoms with Crippen LogP contribution in [-0.4, -0.2) is 18.9 Å². The summed E-state index contributed by atoms with van der Waals surface area (Å²) < 4.78 is 34.5. The van der Waals surface area contributed by atoms with Gasteiger partial charge in [0.1, 0.15) is 11.5 Å². The van der Waals surface area contributed by atoms with E-state index < -0.39 is 10.0 Å². The van der Waals surface area contributed by atoms with Crippen LogP contribution in [0.25, 0.3) is 0 Å². The number of benzene rings is 3. The molecule has 5 nitrogen and oxygen atoms in total. The number of hydrogen-bond donors (Lipinski definition) is 0. The molecule has 0 unspecified atom stereocenters. The molecule has 0 N–H and O–H groups in total. The summed E-state index contributed by atoms with van der Waals surface area (Å²) in [5, 5.41) is 0.877. The molecule has 4 rings (SSSR count). The zero-order chi connectivity index (χ0) is 25.9. The third-order valence-corrected chi connectivity index (χ3v) is 8.26. The Bertz CT molecular complexity index is 1510. The van der Waals surface area contributed by atoms with Crippen LogP contribution in [-0.2, 0) is 23.1 Å². The van der Waals surface area contributed by atoms with Crippen molar-refractivity contribution in [3.8, 4) is 0 Å². The van der Waals surface area contributed by atoms with E-state index in [1.165, 1.54) is 9.87 Å². The molecule has 0 atom stereocenters. The molecular weight excluding hydrogens is 515 g/mol. The van der Waals surface area contributed by atoms with E-state index in [0.717, 1.165) is 16.8 Å². The lowest BCUT2D eigenvalue weighted by atomic mass is 10.1. The molecule has 1 heterocycles. The molecular formula is C28H26Cl2N2O3S. The van der Waals surface area contributed by atoms with Crippen molar-refractivity contribution in [3.05, 3.63) is 117 Å². The fraction of sp³-hybridized carbons (Fsp3) is 0.179. The normalized spacial score (nSPS) is 12.1. The molecule has 4 aromatic rings. The van der Waals surface area contributed by atoms with Crippen molar-refractivity contribution in [2.24, 2.45) is 4.99 Å². The van der Waals surface area contributed by atoms with Gasteiger partial charge in [-0.3, -0.25) is 4.99 Å². The van der Waals surface area contributed by atoms with Crippen LogP contribution in [0.4, 0.5) is 5.69 Å². The molecule has 186 valence electrons. The van der Waals surface area contributed by atoms with Gasteiger partial charge in [0.2, 0.25) is 10.0 Å². The monoisotopic (exact) mass is 540 g/mol. The number of nitrogens with zero attached hydrogens (tertiary/aromatic N) is 2. The average molecular weight is 542 g/mol. The molecule has 8 heteroatoms. The first-order chi connectivity index (χ1) is 17.1. The summed E-state index contributed by atoms with van der Waals surface area (Å²) in [4.78, 5) is 4.68. The van der Waals surface area contributed by atoms with Crippen LogP contribution in [0, 0.1) is 20.8 Å². The smallest absolute Gasteiger partial charge is 0.243 e. The van der Waals surface area contributed by atoms with Gasteiger partial charge in [-0.15, -0.1) is 0 Å². The van der Waals surface area contributed by atoms with Crippen LogP contribution >= 0.6 is 23.2 Å². The largest absolute Gasteiger partial charge is 0.459 e. The van der Waals surface area contributed by atoms with Gasteiger partial charge in [-0.05, 0) is 86.0 Å². The predicted molar refractivity (Wildman–Crippen MR) is 146 cm³/mol. The lowest BCUT2D eigenvalue weighted by Gasteiger charge is -2.22. The van der Waals surface area contributed by atoms with E-state index in [-0.39, 0.29) is 18.0 Å². The second kappa shape index (κ2) is 11.0. The van der Waals surface area contributed by atoms with E-state index >= 15 is 0 Å². The molecule has 36 heavy (non-hydrogen) atoms. The van der Waals surface area contributed by atoms with Gasteiger partial charge in [-0.2, -0.15) is 4.31 Å². The maximum atomic E-state index is 13.6. The van der Waals surface area contributed by atoms with E-state index in [4.69, 9.17) is 27.6 Å². The lowest BCUT2D eigenvalue weighted by molar-refractivity contribution is 0.357. The van der Waals surface area contributed by atoms with Crippen LogP contribution < -0.4 is 0 Å². The van der Waals surface area contributed by atoms with Gasteiger partial charge in [0.15, 0.2) is 0 Å². The quantitative estimate of drug-likeness (QED) is 0.215. The second-order valence-corrected chi connectivity index (χ2v) is 11.4. The Balaban J connectivity index is 1.61. The Morgan fingerprint density at radius 1 is 0.861 bits per heavy atom. The Labute approximate surface area is 222 Å². The molecule has 0 fully saturated rings.